The Hall–Kier alpha value is -5.50. The summed E-state index contributed by atoms with van der Waals surface area (Å²) in [5.74, 6) is 4.81. The van der Waals surface area contributed by atoms with Crippen molar-refractivity contribution in [1.29, 1.82) is 0 Å². The molecule has 1 aliphatic heterocycles. The largest absolute Gasteiger partial charge is 0.496 e. The quantitative estimate of drug-likeness (QED) is 0.174. The molecule has 58 heavy (non-hydrogen) atoms. The van der Waals surface area contributed by atoms with E-state index in [0.29, 0.717) is 46.3 Å². The fraction of sp³-hybridized carbons (Fsp3) is 0.500. The van der Waals surface area contributed by atoms with Crippen molar-refractivity contribution < 1.29 is 9.47 Å². The monoisotopic (exact) mass is 788 g/mol. The van der Waals surface area contributed by atoms with E-state index in [1.807, 2.05) is 51.1 Å². The fourth-order valence-corrected chi connectivity index (χ4v) is 8.98. The molecule has 6 aromatic rings. The first-order chi connectivity index (χ1) is 28.1. The van der Waals surface area contributed by atoms with Gasteiger partial charge in [0.05, 0.1) is 36.7 Å². The maximum atomic E-state index is 13.2. The molecule has 0 amide bonds. The van der Waals surface area contributed by atoms with Crippen molar-refractivity contribution in [3.05, 3.63) is 86.0 Å². The number of imidazole rings is 2. The van der Waals surface area contributed by atoms with Crippen LogP contribution in [0.15, 0.2) is 46.0 Å². The van der Waals surface area contributed by atoms with Crippen LogP contribution in [-0.2, 0) is 0 Å². The number of aryl methyl sites for hydroxylation is 3. The fourth-order valence-electron chi connectivity index (χ4n) is 8.98. The number of methoxy groups -OCH3 is 2. The number of aromatic amines is 2. The Labute approximate surface area is 338 Å². The van der Waals surface area contributed by atoms with Gasteiger partial charge in [-0.05, 0) is 83.3 Å². The zero-order chi connectivity index (χ0) is 40.5. The van der Waals surface area contributed by atoms with Crippen LogP contribution in [0.1, 0.15) is 105 Å². The number of H-pyrrole nitrogens is 2. The van der Waals surface area contributed by atoms with E-state index < -0.39 is 0 Å². The van der Waals surface area contributed by atoms with Gasteiger partial charge in [-0.1, -0.05) is 44.6 Å². The number of anilines is 1. The molecule has 2 aliphatic carbocycles. The zero-order valence-corrected chi connectivity index (χ0v) is 34.7. The molecule has 2 N–H and O–H groups in total. The van der Waals surface area contributed by atoms with Crippen molar-refractivity contribution in [2.75, 3.05) is 52.3 Å². The number of rotatable bonds is 7. The van der Waals surface area contributed by atoms with Crippen molar-refractivity contribution >= 4 is 17.0 Å². The van der Waals surface area contributed by atoms with Gasteiger partial charge in [0.2, 0.25) is 0 Å². The molecule has 2 aromatic carbocycles. The average Bonchev–Trinajstić information content (AvgIpc) is 3.78. The van der Waals surface area contributed by atoms with E-state index >= 15 is 0 Å². The molecule has 14 heteroatoms. The third kappa shape index (κ3) is 7.73. The molecule has 0 unspecified atom stereocenters. The minimum Gasteiger partial charge on any atom is -0.496 e. The van der Waals surface area contributed by atoms with Gasteiger partial charge >= 0.3 is 11.4 Å². The first kappa shape index (κ1) is 39.3. The Bertz CT molecular complexity index is 2530. The average molecular weight is 789 g/mol. The number of aromatic nitrogens is 8. The van der Waals surface area contributed by atoms with E-state index in [1.54, 1.807) is 23.0 Å². The van der Waals surface area contributed by atoms with Crippen LogP contribution in [0.2, 0.25) is 0 Å². The van der Waals surface area contributed by atoms with Crippen LogP contribution < -0.4 is 25.8 Å². The number of benzene rings is 2. The van der Waals surface area contributed by atoms with Crippen LogP contribution in [-0.4, -0.2) is 91.1 Å². The highest BCUT2D eigenvalue weighted by atomic mass is 16.5. The van der Waals surface area contributed by atoms with Gasteiger partial charge in [0.25, 0.3) is 0 Å². The molecule has 0 spiro atoms. The zero-order valence-electron chi connectivity index (χ0n) is 34.7. The van der Waals surface area contributed by atoms with Crippen molar-refractivity contribution in [3.63, 3.8) is 0 Å². The lowest BCUT2D eigenvalue weighted by Gasteiger charge is -2.34. The highest BCUT2D eigenvalue weighted by Gasteiger charge is 2.26. The Morgan fingerprint density at radius 2 is 1.07 bits per heavy atom. The maximum Gasteiger partial charge on any atom is 0.334 e. The van der Waals surface area contributed by atoms with Gasteiger partial charge in [0, 0.05) is 49.8 Å². The number of ether oxygens (including phenoxy) is 2. The lowest BCUT2D eigenvalue weighted by atomic mass is 9.89. The summed E-state index contributed by atoms with van der Waals surface area (Å²) >= 11 is 0. The molecule has 0 radical (unpaired) electrons. The van der Waals surface area contributed by atoms with Crippen molar-refractivity contribution in [3.8, 4) is 34.3 Å². The molecule has 3 aliphatic rings. The molecular weight excluding hydrogens is 733 g/mol. The van der Waals surface area contributed by atoms with Gasteiger partial charge in [0.15, 0.2) is 11.3 Å². The summed E-state index contributed by atoms with van der Waals surface area (Å²) < 4.78 is 14.5. The van der Waals surface area contributed by atoms with Crippen LogP contribution in [0.5, 0.6) is 11.5 Å². The molecular formula is C44H56N10O4. The van der Waals surface area contributed by atoms with Crippen LogP contribution in [0, 0.1) is 20.8 Å². The summed E-state index contributed by atoms with van der Waals surface area (Å²) in [5, 5.41) is 0. The molecule has 14 nitrogen and oxygen atoms in total. The topological polar surface area (TPSA) is 151 Å². The first-order valence-electron chi connectivity index (χ1n) is 20.9. The van der Waals surface area contributed by atoms with E-state index in [-0.39, 0.29) is 11.4 Å². The van der Waals surface area contributed by atoms with Crippen molar-refractivity contribution in [2.24, 2.45) is 0 Å². The van der Waals surface area contributed by atoms with Crippen LogP contribution >= 0.6 is 0 Å². The third-order valence-electron chi connectivity index (χ3n) is 12.2. The highest BCUT2D eigenvalue weighted by molar-refractivity contribution is 5.71. The van der Waals surface area contributed by atoms with Crippen LogP contribution in [0.25, 0.3) is 34.1 Å². The van der Waals surface area contributed by atoms with Crippen molar-refractivity contribution in [1.82, 2.24) is 43.6 Å². The number of piperazine rings is 1. The highest BCUT2D eigenvalue weighted by Crippen LogP contribution is 2.36. The Kier molecular flexibility index (Phi) is 11.4. The Morgan fingerprint density at radius 3 is 1.55 bits per heavy atom. The van der Waals surface area contributed by atoms with Crippen LogP contribution in [0.4, 0.5) is 5.69 Å². The summed E-state index contributed by atoms with van der Waals surface area (Å²) in [6.07, 6.45) is 11.7. The van der Waals surface area contributed by atoms with E-state index in [9.17, 15) is 9.59 Å². The lowest BCUT2D eigenvalue weighted by molar-refractivity contribution is 0.312. The summed E-state index contributed by atoms with van der Waals surface area (Å²) in [4.78, 5) is 55.7. The third-order valence-corrected chi connectivity index (χ3v) is 12.2. The minimum atomic E-state index is -0.186. The summed E-state index contributed by atoms with van der Waals surface area (Å²) in [5.41, 5.74) is 6.26. The van der Waals surface area contributed by atoms with Gasteiger partial charge in [-0.15, -0.1) is 0 Å². The number of nitrogens with one attached hydrogen (secondary N) is 2. The van der Waals surface area contributed by atoms with Crippen LogP contribution in [0.3, 0.4) is 0 Å². The molecule has 1 saturated heterocycles. The molecule has 5 heterocycles. The van der Waals surface area contributed by atoms with E-state index in [2.05, 4.69) is 32.9 Å². The number of hydrogen-bond acceptors (Lipinski definition) is 10. The van der Waals surface area contributed by atoms with Gasteiger partial charge in [0.1, 0.15) is 34.8 Å². The Morgan fingerprint density at radius 1 is 0.603 bits per heavy atom. The first-order valence-corrected chi connectivity index (χ1v) is 20.9. The summed E-state index contributed by atoms with van der Waals surface area (Å²) in [6.45, 7) is 9.91. The Balaban J connectivity index is 0.000000165. The minimum absolute atomic E-state index is 0.184. The van der Waals surface area contributed by atoms with Gasteiger partial charge in [-0.2, -0.15) is 0 Å². The molecule has 3 fully saturated rings. The van der Waals surface area contributed by atoms with Gasteiger partial charge in [-0.3, -0.25) is 9.97 Å². The maximum absolute atomic E-state index is 13.2. The second-order valence-corrected chi connectivity index (χ2v) is 16.3. The number of hydrogen-bond donors (Lipinski definition) is 2. The molecule has 9 rings (SSSR count). The second-order valence-electron chi connectivity index (χ2n) is 16.3. The predicted octanol–water partition coefficient (Wildman–Crippen LogP) is 6.96. The number of nitrogens with zero attached hydrogens (tertiary/aromatic N) is 8. The van der Waals surface area contributed by atoms with Crippen molar-refractivity contribution in [2.45, 2.75) is 96.8 Å². The summed E-state index contributed by atoms with van der Waals surface area (Å²) in [6, 6.07) is 12.0. The predicted molar refractivity (Wildman–Crippen MR) is 227 cm³/mol. The normalized spacial score (nSPS) is 17.1. The number of likely N-dealkylation sites (N-methyl/N-ethyl adjacent to an activating group) is 1. The SMILES string of the molecule is COc1cc(C)ccc1-c1nc2c(C)nc(C3CCCCC3)n2c(=O)[nH]1.COc1cc(N2CCN(C)CC2)ccc1-c1nc2c(C)nc(C3CCCCC3)n2c(=O)[nH]1. The summed E-state index contributed by atoms with van der Waals surface area (Å²) in [7, 11) is 5.44. The van der Waals surface area contributed by atoms with E-state index in [4.69, 9.17) is 29.4 Å². The standard InChI is InChI=1S/C24H32N6O2.C20H24N4O2/c1-16-22-26-21(27-24(31)30(22)23(25-16)17-7-5-4-6-8-17)19-10-9-18(15-20(19)32-3)29-13-11-28(2)12-14-29;1-12-9-10-15(16(11-12)26-3)17-22-18-13(2)21-19(24(18)20(25)23-17)14-7-5-4-6-8-14/h9-10,15,17H,4-8,11-14H2,1-3H3,(H,26,27,31);9-11,14H,4-8H2,1-3H3,(H,22,23,25). The molecule has 4 aromatic heterocycles. The van der Waals surface area contributed by atoms with E-state index in [0.717, 1.165) is 97.3 Å². The molecule has 2 saturated carbocycles. The van der Waals surface area contributed by atoms with Gasteiger partial charge in [-0.25, -0.2) is 38.3 Å². The second kappa shape index (κ2) is 16.8. The molecule has 0 atom stereocenters. The molecule has 0 bridgehead atoms. The number of fused-ring (bicyclic) bond motifs is 2. The smallest absolute Gasteiger partial charge is 0.334 e. The lowest BCUT2D eigenvalue weighted by Crippen LogP contribution is -2.44. The van der Waals surface area contributed by atoms with E-state index in [1.165, 1.54) is 38.5 Å². The van der Waals surface area contributed by atoms with Gasteiger partial charge < -0.3 is 19.3 Å². The molecule has 306 valence electrons.